The summed E-state index contributed by atoms with van der Waals surface area (Å²) in [6, 6.07) is 0. The third-order valence-corrected chi connectivity index (χ3v) is 1.13. The van der Waals surface area contributed by atoms with E-state index < -0.39 is 5.97 Å². The minimum absolute atomic E-state index is 0. The molecule has 76 valence electrons. The molecule has 0 amide bonds. The van der Waals surface area contributed by atoms with E-state index in [1.165, 1.54) is 32.4 Å². The van der Waals surface area contributed by atoms with Crippen LogP contribution < -0.4 is 5.32 Å². The molecule has 3 heteroatoms. The van der Waals surface area contributed by atoms with E-state index >= 15 is 0 Å². The summed E-state index contributed by atoms with van der Waals surface area (Å²) in [5.41, 5.74) is 0. The fraction of sp³-hybridized carbons (Fsp3) is 0.889. The van der Waals surface area contributed by atoms with Crippen molar-refractivity contribution in [2.75, 3.05) is 13.1 Å². The first kappa shape index (κ1) is 14.0. The molecule has 0 unspecified atom stereocenters. The number of nitrogens with one attached hydrogen (secondary N) is 1. The Morgan fingerprint density at radius 3 is 2.17 bits per heavy atom. The molecule has 0 heterocycles. The van der Waals surface area contributed by atoms with E-state index in [1.807, 2.05) is 0 Å². The van der Waals surface area contributed by atoms with Crippen LogP contribution in [0, 0.1) is 0 Å². The van der Waals surface area contributed by atoms with Crippen molar-refractivity contribution in [2.24, 2.45) is 0 Å². The van der Waals surface area contributed by atoms with E-state index in [9.17, 15) is 0 Å². The minimum Gasteiger partial charge on any atom is -0.481 e. The molecular formula is C9H23NO2. The highest BCUT2D eigenvalue weighted by Crippen LogP contribution is 1.81. The SMILES string of the molecule is CC(=O)O.CCCCNCCC.[HH]. The molecule has 3 nitrogen and oxygen atoms in total. The molecule has 0 aromatic rings. The molecule has 2 N–H and O–H groups in total. The molecule has 0 fully saturated rings. The van der Waals surface area contributed by atoms with Crippen LogP contribution in [0.1, 0.15) is 41.5 Å². The predicted octanol–water partition coefficient (Wildman–Crippen LogP) is 2.12. The predicted molar refractivity (Wildman–Crippen MR) is 53.5 cm³/mol. The van der Waals surface area contributed by atoms with Crippen LogP contribution in [0.15, 0.2) is 0 Å². The Bertz CT molecular complexity index is 89.6. The van der Waals surface area contributed by atoms with Crippen LogP contribution in [0.5, 0.6) is 0 Å². The maximum absolute atomic E-state index is 9.00. The molecule has 12 heavy (non-hydrogen) atoms. The molecule has 0 aromatic carbocycles. The molecule has 0 aliphatic heterocycles. The molecule has 0 saturated heterocycles. The van der Waals surface area contributed by atoms with Crippen molar-refractivity contribution in [1.29, 1.82) is 0 Å². The van der Waals surface area contributed by atoms with Crippen molar-refractivity contribution in [3.8, 4) is 0 Å². The number of rotatable bonds is 5. The number of unbranched alkanes of at least 4 members (excludes halogenated alkanes) is 1. The summed E-state index contributed by atoms with van der Waals surface area (Å²) in [5, 5.41) is 10.8. The molecule has 0 radical (unpaired) electrons. The molecule has 0 spiro atoms. The second kappa shape index (κ2) is 13.1. The fourth-order valence-corrected chi connectivity index (χ4v) is 0.604. The van der Waals surface area contributed by atoms with Gasteiger partial charge in [-0.05, 0) is 25.9 Å². The zero-order valence-corrected chi connectivity index (χ0v) is 8.39. The first-order valence-electron chi connectivity index (χ1n) is 4.55. The first-order chi connectivity index (χ1) is 5.65. The van der Waals surface area contributed by atoms with Crippen LogP contribution in [0.2, 0.25) is 0 Å². The highest BCUT2D eigenvalue weighted by atomic mass is 16.4. The van der Waals surface area contributed by atoms with Gasteiger partial charge in [0.25, 0.3) is 5.97 Å². The summed E-state index contributed by atoms with van der Waals surface area (Å²) in [5.74, 6) is -0.833. The van der Waals surface area contributed by atoms with Crippen LogP contribution >= 0.6 is 0 Å². The molecule has 0 rings (SSSR count). The van der Waals surface area contributed by atoms with Gasteiger partial charge in [0.1, 0.15) is 0 Å². The van der Waals surface area contributed by atoms with Gasteiger partial charge in [-0.25, -0.2) is 0 Å². The van der Waals surface area contributed by atoms with E-state index in [1.54, 1.807) is 0 Å². The van der Waals surface area contributed by atoms with Crippen LogP contribution in [0.25, 0.3) is 0 Å². The number of carboxylic acids is 1. The maximum Gasteiger partial charge on any atom is 0.300 e. The summed E-state index contributed by atoms with van der Waals surface area (Å²) in [4.78, 5) is 9.00. The van der Waals surface area contributed by atoms with E-state index in [-0.39, 0.29) is 1.43 Å². The Balaban J connectivity index is -0.000000173. The minimum atomic E-state index is -0.833. The van der Waals surface area contributed by atoms with Gasteiger partial charge in [-0.3, -0.25) is 4.79 Å². The van der Waals surface area contributed by atoms with Gasteiger partial charge in [-0.1, -0.05) is 20.3 Å². The van der Waals surface area contributed by atoms with E-state index in [4.69, 9.17) is 9.90 Å². The van der Waals surface area contributed by atoms with Crippen molar-refractivity contribution >= 4 is 5.97 Å². The van der Waals surface area contributed by atoms with Crippen LogP contribution in [-0.2, 0) is 4.79 Å². The Morgan fingerprint density at radius 2 is 1.83 bits per heavy atom. The average molecular weight is 177 g/mol. The zero-order chi connectivity index (χ0) is 9.82. The van der Waals surface area contributed by atoms with Gasteiger partial charge in [0.05, 0.1) is 0 Å². The third kappa shape index (κ3) is 34.1. The Morgan fingerprint density at radius 1 is 1.33 bits per heavy atom. The van der Waals surface area contributed by atoms with Crippen molar-refractivity contribution in [1.82, 2.24) is 5.32 Å². The maximum atomic E-state index is 9.00. The van der Waals surface area contributed by atoms with Crippen LogP contribution in [0.3, 0.4) is 0 Å². The lowest BCUT2D eigenvalue weighted by Crippen LogP contribution is -2.15. The standard InChI is InChI=1S/C7H17N.C2H4O2.H2/c1-3-5-7-8-6-4-2;1-2(3)4;/h8H,3-7H2,1-2H3;1H3,(H,3,4);1H. The smallest absolute Gasteiger partial charge is 0.300 e. The number of hydrogen-bond acceptors (Lipinski definition) is 2. The van der Waals surface area contributed by atoms with Crippen molar-refractivity contribution in [2.45, 2.75) is 40.0 Å². The van der Waals surface area contributed by atoms with Crippen molar-refractivity contribution in [3.63, 3.8) is 0 Å². The molecule has 0 atom stereocenters. The highest BCUT2D eigenvalue weighted by molar-refractivity contribution is 5.62. The van der Waals surface area contributed by atoms with Gasteiger partial charge in [-0.15, -0.1) is 0 Å². The Kier molecular flexibility index (Phi) is 15.2. The van der Waals surface area contributed by atoms with Gasteiger partial charge in [0.15, 0.2) is 0 Å². The van der Waals surface area contributed by atoms with Gasteiger partial charge in [0.2, 0.25) is 0 Å². The molecule has 0 saturated carbocycles. The van der Waals surface area contributed by atoms with E-state index in [0.717, 1.165) is 6.92 Å². The van der Waals surface area contributed by atoms with Crippen molar-refractivity contribution < 1.29 is 11.3 Å². The molecular weight excluding hydrogens is 154 g/mol. The Hall–Kier alpha value is -0.570. The molecule has 0 aliphatic rings. The lowest BCUT2D eigenvalue weighted by Gasteiger charge is -1.98. The first-order valence-corrected chi connectivity index (χ1v) is 4.55. The Labute approximate surface area is 76.7 Å². The number of carboxylic acid groups (broad SMARTS) is 1. The average Bonchev–Trinajstić information content (AvgIpc) is 1.97. The second-order valence-electron chi connectivity index (χ2n) is 2.62. The van der Waals surface area contributed by atoms with E-state index in [0.29, 0.717) is 0 Å². The summed E-state index contributed by atoms with van der Waals surface area (Å²) >= 11 is 0. The number of aliphatic carboxylic acids is 1. The lowest BCUT2D eigenvalue weighted by atomic mass is 10.3. The number of carbonyl (C=O) groups is 1. The molecule has 0 aliphatic carbocycles. The third-order valence-electron chi connectivity index (χ3n) is 1.13. The second-order valence-corrected chi connectivity index (χ2v) is 2.62. The molecule has 0 aromatic heterocycles. The van der Waals surface area contributed by atoms with Crippen LogP contribution in [0.4, 0.5) is 0 Å². The van der Waals surface area contributed by atoms with Crippen LogP contribution in [-0.4, -0.2) is 24.2 Å². The van der Waals surface area contributed by atoms with E-state index in [2.05, 4.69) is 19.2 Å². The number of hydrogen-bond donors (Lipinski definition) is 2. The fourth-order valence-electron chi connectivity index (χ4n) is 0.604. The highest BCUT2D eigenvalue weighted by Gasteiger charge is 1.80. The van der Waals surface area contributed by atoms with Crippen molar-refractivity contribution in [3.05, 3.63) is 0 Å². The van der Waals surface area contributed by atoms with Gasteiger partial charge in [0, 0.05) is 8.35 Å². The summed E-state index contributed by atoms with van der Waals surface area (Å²) in [6.45, 7) is 7.87. The normalized spacial score (nSPS) is 8.58. The monoisotopic (exact) mass is 177 g/mol. The van der Waals surface area contributed by atoms with Gasteiger partial charge < -0.3 is 10.4 Å². The molecule has 0 bridgehead atoms. The zero-order valence-electron chi connectivity index (χ0n) is 8.39. The van der Waals surface area contributed by atoms with Gasteiger partial charge >= 0.3 is 0 Å². The topological polar surface area (TPSA) is 49.3 Å². The summed E-state index contributed by atoms with van der Waals surface area (Å²) in [6.07, 6.45) is 3.88. The lowest BCUT2D eigenvalue weighted by molar-refractivity contribution is -0.134. The van der Waals surface area contributed by atoms with Gasteiger partial charge in [-0.2, -0.15) is 0 Å². The quantitative estimate of drug-likeness (QED) is 0.632. The summed E-state index contributed by atoms with van der Waals surface area (Å²) in [7, 11) is 0. The summed E-state index contributed by atoms with van der Waals surface area (Å²) < 4.78 is 0. The largest absolute Gasteiger partial charge is 0.481 e.